The summed E-state index contributed by atoms with van der Waals surface area (Å²) in [6.45, 7) is 0.113. The first-order chi connectivity index (χ1) is 3.79. The predicted molar refractivity (Wildman–Crippen MR) is 27.8 cm³/mol. The molecule has 2 N–H and O–H groups in total. The van der Waals surface area contributed by atoms with Crippen molar-refractivity contribution in [3.8, 4) is 0 Å². The van der Waals surface area contributed by atoms with Gasteiger partial charge in [0.2, 0.25) is 0 Å². The van der Waals surface area contributed by atoms with Gasteiger partial charge in [-0.2, -0.15) is 0 Å². The molecule has 6 heteroatoms. The summed E-state index contributed by atoms with van der Waals surface area (Å²) in [5.41, 5.74) is 0. The molecule has 1 fully saturated rings. The van der Waals surface area contributed by atoms with Gasteiger partial charge in [0.25, 0.3) is 0 Å². The van der Waals surface area contributed by atoms with Crippen LogP contribution in [-0.2, 0) is 9.31 Å². The van der Waals surface area contributed by atoms with Crippen molar-refractivity contribution in [3.63, 3.8) is 0 Å². The maximum Gasteiger partial charge on any atom is 0.479 e. The highest BCUT2D eigenvalue weighted by Gasteiger charge is 2.27. The Morgan fingerprint density at radius 1 is 1.00 bits per heavy atom. The van der Waals surface area contributed by atoms with Crippen LogP contribution in [0.25, 0.3) is 0 Å². The lowest BCUT2D eigenvalue weighted by atomic mass is 9.82. The minimum atomic E-state index is -0.863. The zero-order valence-corrected chi connectivity index (χ0v) is 4.28. The van der Waals surface area contributed by atoms with Gasteiger partial charge in [-0.1, -0.05) is 0 Å². The number of rotatable bonds is 0. The van der Waals surface area contributed by atoms with Crippen molar-refractivity contribution in [1.29, 1.82) is 0 Å². The Labute approximate surface area is 47.7 Å². The fourth-order valence-corrected chi connectivity index (χ4v) is 0.483. The van der Waals surface area contributed by atoms with Crippen LogP contribution in [-0.4, -0.2) is 37.3 Å². The van der Waals surface area contributed by atoms with Gasteiger partial charge in [0.15, 0.2) is 0 Å². The zero-order valence-electron chi connectivity index (χ0n) is 4.28. The lowest BCUT2D eigenvalue weighted by Crippen LogP contribution is -2.41. The Morgan fingerprint density at radius 3 is 1.62 bits per heavy atom. The molecule has 8 heavy (non-hydrogen) atoms. The summed E-state index contributed by atoms with van der Waals surface area (Å²) >= 11 is 0. The molecule has 0 unspecified atom stereocenters. The fraction of sp³-hybridized carbons (Fsp3) is 1.00. The van der Waals surface area contributed by atoms with Crippen LogP contribution in [0.4, 0.5) is 0 Å². The number of hydrogen-bond acceptors (Lipinski definition) is 4. The van der Waals surface area contributed by atoms with E-state index in [1.807, 2.05) is 0 Å². The molecule has 44 valence electrons. The normalized spacial score (nSPS) is 21.8. The Bertz CT molecular complexity index is 60.4. The molecular formula is C2H6B2O4. The van der Waals surface area contributed by atoms with Crippen LogP contribution >= 0.6 is 0 Å². The molecule has 0 radical (unpaired) electrons. The van der Waals surface area contributed by atoms with Gasteiger partial charge >= 0.3 is 14.2 Å². The van der Waals surface area contributed by atoms with Gasteiger partial charge in [-0.15, -0.1) is 0 Å². The standard InChI is InChI=1S/C2H6B2O4/c5-3-1-7-4(6)2-8-3/h5-6H,1-2H2. The summed E-state index contributed by atoms with van der Waals surface area (Å²) in [4.78, 5) is 0. The molecule has 0 aromatic carbocycles. The lowest BCUT2D eigenvalue weighted by molar-refractivity contribution is 0.172. The van der Waals surface area contributed by atoms with Gasteiger partial charge < -0.3 is 19.4 Å². The molecule has 0 amide bonds. The zero-order chi connectivity index (χ0) is 5.98. The lowest BCUT2D eigenvalue weighted by Gasteiger charge is -2.16. The summed E-state index contributed by atoms with van der Waals surface area (Å²) in [5, 5.41) is 17.1. The molecule has 1 rings (SSSR count). The molecule has 4 nitrogen and oxygen atoms in total. The quantitative estimate of drug-likeness (QED) is 0.361. The van der Waals surface area contributed by atoms with E-state index in [2.05, 4.69) is 9.31 Å². The Balaban J connectivity index is 2.19. The van der Waals surface area contributed by atoms with Crippen LogP contribution in [0.15, 0.2) is 0 Å². The van der Waals surface area contributed by atoms with E-state index in [-0.39, 0.29) is 13.0 Å². The van der Waals surface area contributed by atoms with Gasteiger partial charge in [0, 0.05) is 0 Å². The smallest absolute Gasteiger partial charge is 0.426 e. The van der Waals surface area contributed by atoms with Gasteiger partial charge in [0.05, 0.1) is 13.0 Å². The second-order valence-electron chi connectivity index (χ2n) is 1.58. The highest BCUT2D eigenvalue weighted by Crippen LogP contribution is 1.94. The molecule has 0 bridgehead atoms. The molecule has 0 aromatic rings. The SMILES string of the molecule is OB1COB(O)CO1. The van der Waals surface area contributed by atoms with E-state index in [4.69, 9.17) is 10.0 Å². The van der Waals surface area contributed by atoms with E-state index < -0.39 is 14.2 Å². The van der Waals surface area contributed by atoms with Crippen LogP contribution in [0.2, 0.25) is 0 Å². The molecule has 1 aliphatic heterocycles. The summed E-state index contributed by atoms with van der Waals surface area (Å²) in [5.74, 6) is 0. The highest BCUT2D eigenvalue weighted by atomic mass is 16.6. The van der Waals surface area contributed by atoms with Crippen molar-refractivity contribution in [2.24, 2.45) is 0 Å². The van der Waals surface area contributed by atoms with Crippen LogP contribution in [0.5, 0.6) is 0 Å². The highest BCUT2D eigenvalue weighted by molar-refractivity contribution is 6.51. The summed E-state index contributed by atoms with van der Waals surface area (Å²) in [6, 6.07) is 0. The first kappa shape index (κ1) is 6.10. The third kappa shape index (κ3) is 1.48. The molecular weight excluding hydrogens is 110 g/mol. The van der Waals surface area contributed by atoms with E-state index in [1.54, 1.807) is 0 Å². The fourth-order valence-electron chi connectivity index (χ4n) is 0.483. The Hall–Kier alpha value is -0.0301. The minimum Gasteiger partial charge on any atom is -0.426 e. The average Bonchev–Trinajstić information content (AvgIpc) is 1.77. The van der Waals surface area contributed by atoms with Crippen molar-refractivity contribution in [3.05, 3.63) is 0 Å². The van der Waals surface area contributed by atoms with E-state index in [1.165, 1.54) is 0 Å². The van der Waals surface area contributed by atoms with E-state index in [0.717, 1.165) is 0 Å². The molecule has 0 saturated carbocycles. The van der Waals surface area contributed by atoms with Crippen LogP contribution in [0, 0.1) is 0 Å². The molecule has 0 aromatic heterocycles. The molecule has 1 saturated heterocycles. The average molecular weight is 116 g/mol. The summed E-state index contributed by atoms with van der Waals surface area (Å²) in [6.07, 6.45) is 0. The van der Waals surface area contributed by atoms with Gasteiger partial charge in [-0.05, 0) is 0 Å². The van der Waals surface area contributed by atoms with E-state index in [0.29, 0.717) is 0 Å². The predicted octanol–water partition coefficient (Wildman–Crippen LogP) is -1.93. The first-order valence-electron chi connectivity index (χ1n) is 2.38. The summed E-state index contributed by atoms with van der Waals surface area (Å²) in [7, 11) is -1.73. The number of hydrogen-bond donors (Lipinski definition) is 2. The molecule has 0 aliphatic carbocycles. The van der Waals surface area contributed by atoms with Gasteiger partial charge in [-0.3, -0.25) is 0 Å². The van der Waals surface area contributed by atoms with Crippen molar-refractivity contribution in [2.75, 3.05) is 13.0 Å². The maximum atomic E-state index is 8.57. The minimum absolute atomic E-state index is 0.0567. The first-order valence-corrected chi connectivity index (χ1v) is 2.38. The molecule has 1 aliphatic rings. The van der Waals surface area contributed by atoms with E-state index in [9.17, 15) is 0 Å². The maximum absolute atomic E-state index is 8.57. The molecule has 1 heterocycles. The second kappa shape index (κ2) is 2.50. The van der Waals surface area contributed by atoms with Crippen LogP contribution in [0.3, 0.4) is 0 Å². The molecule has 0 atom stereocenters. The molecule has 0 spiro atoms. The monoisotopic (exact) mass is 116 g/mol. The van der Waals surface area contributed by atoms with Crippen molar-refractivity contribution in [1.82, 2.24) is 0 Å². The van der Waals surface area contributed by atoms with Crippen LogP contribution < -0.4 is 0 Å². The van der Waals surface area contributed by atoms with Crippen LogP contribution in [0.1, 0.15) is 0 Å². The van der Waals surface area contributed by atoms with E-state index >= 15 is 0 Å². The van der Waals surface area contributed by atoms with Crippen molar-refractivity contribution < 1.29 is 19.4 Å². The van der Waals surface area contributed by atoms with Crippen molar-refractivity contribution in [2.45, 2.75) is 0 Å². The summed E-state index contributed by atoms with van der Waals surface area (Å²) < 4.78 is 9.14. The van der Waals surface area contributed by atoms with Gasteiger partial charge in [0.1, 0.15) is 0 Å². The largest absolute Gasteiger partial charge is 0.479 e. The van der Waals surface area contributed by atoms with Crippen molar-refractivity contribution >= 4 is 14.2 Å². The Kier molecular flexibility index (Phi) is 1.90. The van der Waals surface area contributed by atoms with Gasteiger partial charge in [-0.25, -0.2) is 0 Å². The third-order valence-electron chi connectivity index (χ3n) is 0.862. The Morgan fingerprint density at radius 2 is 1.38 bits per heavy atom. The topological polar surface area (TPSA) is 58.9 Å². The third-order valence-corrected chi connectivity index (χ3v) is 0.862. The second-order valence-corrected chi connectivity index (χ2v) is 1.58.